The monoisotopic (exact) mass is 388 g/mol. The number of nitrogens with zero attached hydrogens (tertiary/aromatic N) is 2. The molecule has 1 aromatic heterocycles. The van der Waals surface area contributed by atoms with Gasteiger partial charge in [0, 0.05) is 23.1 Å². The second-order valence-electron chi connectivity index (χ2n) is 6.88. The van der Waals surface area contributed by atoms with Gasteiger partial charge >= 0.3 is 5.97 Å². The summed E-state index contributed by atoms with van der Waals surface area (Å²) in [5, 5.41) is 2.83. The summed E-state index contributed by atoms with van der Waals surface area (Å²) < 4.78 is 5.48. The first kappa shape index (κ1) is 17.5. The summed E-state index contributed by atoms with van der Waals surface area (Å²) in [6.07, 6.45) is 1.31. The smallest absolute Gasteiger partial charge is 0.330 e. The molecule has 136 valence electrons. The van der Waals surface area contributed by atoms with Gasteiger partial charge in [-0.1, -0.05) is 29.8 Å². The first-order chi connectivity index (χ1) is 12.5. The number of amides is 1. The van der Waals surface area contributed by atoms with Crippen LogP contribution in [0.3, 0.4) is 0 Å². The highest BCUT2D eigenvalue weighted by Crippen LogP contribution is 2.47. The highest BCUT2D eigenvalue weighted by Gasteiger charge is 2.53. The fourth-order valence-electron chi connectivity index (χ4n) is 3.44. The van der Waals surface area contributed by atoms with Gasteiger partial charge in [-0.15, -0.1) is 23.1 Å². The molecule has 7 heteroatoms. The predicted octanol–water partition coefficient (Wildman–Crippen LogP) is 3.62. The van der Waals surface area contributed by atoms with Crippen LogP contribution in [0.4, 0.5) is 0 Å². The molecule has 4 rings (SSSR count). The van der Waals surface area contributed by atoms with E-state index in [2.05, 4.69) is 17.1 Å². The first-order valence-corrected chi connectivity index (χ1v) is 10.5. The number of thioether (sulfide) groups is 1. The third-order valence-electron chi connectivity index (χ3n) is 4.93. The van der Waals surface area contributed by atoms with Crippen molar-refractivity contribution in [3.8, 4) is 10.6 Å². The minimum Gasteiger partial charge on any atom is -0.458 e. The van der Waals surface area contributed by atoms with E-state index >= 15 is 0 Å². The van der Waals surface area contributed by atoms with Crippen molar-refractivity contribution in [1.82, 2.24) is 9.88 Å². The molecule has 0 N–H and O–H groups in total. The molecular formula is C19H20N2O3S2. The Balaban J connectivity index is 1.39. The number of aryl methyl sites for hydroxylation is 1. The fourth-order valence-corrected chi connectivity index (χ4v) is 5.67. The molecule has 0 aliphatic carbocycles. The topological polar surface area (TPSA) is 59.5 Å². The Morgan fingerprint density at radius 3 is 2.92 bits per heavy atom. The molecule has 0 spiro atoms. The molecule has 5 nitrogen and oxygen atoms in total. The second kappa shape index (κ2) is 6.70. The second-order valence-corrected chi connectivity index (χ2v) is 9.24. The van der Waals surface area contributed by atoms with Gasteiger partial charge in [0.05, 0.1) is 10.6 Å². The highest BCUT2D eigenvalue weighted by molar-refractivity contribution is 8.01. The Hall–Kier alpha value is -1.86. The van der Waals surface area contributed by atoms with Crippen molar-refractivity contribution in [3.63, 3.8) is 0 Å². The lowest BCUT2D eigenvalue weighted by Crippen LogP contribution is -2.46. The summed E-state index contributed by atoms with van der Waals surface area (Å²) in [5.74, 6) is 0.323. The first-order valence-electron chi connectivity index (χ1n) is 8.60. The molecule has 2 aromatic rings. The Morgan fingerprint density at radius 2 is 2.15 bits per heavy atom. The molecular weight excluding hydrogens is 368 g/mol. The minimum absolute atomic E-state index is 0.0507. The molecule has 3 heterocycles. The van der Waals surface area contributed by atoms with E-state index < -0.39 is 6.04 Å². The van der Waals surface area contributed by atoms with Gasteiger partial charge in [-0.2, -0.15) is 0 Å². The average molecular weight is 389 g/mol. The van der Waals surface area contributed by atoms with Crippen molar-refractivity contribution in [2.75, 3.05) is 5.75 Å². The van der Waals surface area contributed by atoms with Crippen molar-refractivity contribution >= 4 is 35.0 Å². The van der Waals surface area contributed by atoms with Crippen LogP contribution in [0.25, 0.3) is 10.6 Å². The zero-order chi connectivity index (χ0) is 18.3. The SMILES string of the molecule is Cc1ccc(-c2nc(COC(=O)[C@H]3CS[C@@]4(C)CCC(=O)N34)cs2)cc1. The summed E-state index contributed by atoms with van der Waals surface area (Å²) in [4.78, 5) is 30.7. The van der Waals surface area contributed by atoms with E-state index in [1.54, 1.807) is 16.7 Å². The number of hydrogen-bond donors (Lipinski definition) is 0. The van der Waals surface area contributed by atoms with Crippen LogP contribution in [-0.4, -0.2) is 38.4 Å². The molecule has 0 bridgehead atoms. The molecule has 1 amide bonds. The van der Waals surface area contributed by atoms with Crippen LogP contribution in [-0.2, 0) is 20.9 Å². The van der Waals surface area contributed by atoms with Gasteiger partial charge in [0.1, 0.15) is 17.7 Å². The Kier molecular flexibility index (Phi) is 4.52. The number of aromatic nitrogens is 1. The normalized spacial score (nSPS) is 24.8. The number of thiazole rings is 1. The van der Waals surface area contributed by atoms with Crippen molar-refractivity contribution in [1.29, 1.82) is 0 Å². The van der Waals surface area contributed by atoms with Crippen LogP contribution < -0.4 is 0 Å². The van der Waals surface area contributed by atoms with E-state index in [1.165, 1.54) is 16.9 Å². The molecule has 0 radical (unpaired) electrons. The Labute approximate surface area is 160 Å². The van der Waals surface area contributed by atoms with Gasteiger partial charge in [-0.3, -0.25) is 4.79 Å². The van der Waals surface area contributed by atoms with E-state index in [9.17, 15) is 9.59 Å². The molecule has 2 saturated heterocycles. The van der Waals surface area contributed by atoms with Crippen LogP contribution in [0.2, 0.25) is 0 Å². The van der Waals surface area contributed by atoms with Gasteiger partial charge < -0.3 is 9.64 Å². The third kappa shape index (κ3) is 3.14. The summed E-state index contributed by atoms with van der Waals surface area (Å²) in [5.41, 5.74) is 3.00. The Morgan fingerprint density at radius 1 is 1.38 bits per heavy atom. The number of esters is 1. The maximum absolute atomic E-state index is 12.5. The molecule has 0 unspecified atom stereocenters. The van der Waals surface area contributed by atoms with Crippen LogP contribution in [0.1, 0.15) is 31.0 Å². The minimum atomic E-state index is -0.477. The van der Waals surface area contributed by atoms with Crippen LogP contribution in [0.5, 0.6) is 0 Å². The molecule has 2 fully saturated rings. The molecule has 2 aliphatic rings. The van der Waals surface area contributed by atoms with Gasteiger partial charge in [0.15, 0.2) is 0 Å². The van der Waals surface area contributed by atoms with Gasteiger partial charge in [0.2, 0.25) is 5.91 Å². The van der Waals surface area contributed by atoms with Crippen LogP contribution in [0.15, 0.2) is 29.6 Å². The quantitative estimate of drug-likeness (QED) is 0.749. The third-order valence-corrected chi connectivity index (χ3v) is 7.37. The largest absolute Gasteiger partial charge is 0.458 e. The zero-order valence-electron chi connectivity index (χ0n) is 14.7. The molecule has 2 atom stereocenters. The van der Waals surface area contributed by atoms with Gasteiger partial charge in [-0.05, 0) is 20.3 Å². The maximum Gasteiger partial charge on any atom is 0.330 e. The van der Waals surface area contributed by atoms with Crippen LogP contribution >= 0.6 is 23.1 Å². The summed E-state index contributed by atoms with van der Waals surface area (Å²) in [6.45, 7) is 4.22. The lowest BCUT2D eigenvalue weighted by Gasteiger charge is -2.29. The number of ether oxygens (including phenoxy) is 1. The van der Waals surface area contributed by atoms with Crippen LogP contribution in [0, 0.1) is 6.92 Å². The number of rotatable bonds is 4. The van der Waals surface area contributed by atoms with Crippen molar-refractivity contribution < 1.29 is 14.3 Å². The molecule has 1 aromatic carbocycles. The molecule has 2 aliphatic heterocycles. The van der Waals surface area contributed by atoms with Crippen molar-refractivity contribution in [2.45, 2.75) is 44.2 Å². The fraction of sp³-hybridized carbons (Fsp3) is 0.421. The summed E-state index contributed by atoms with van der Waals surface area (Å²) in [6, 6.07) is 7.71. The molecule has 26 heavy (non-hydrogen) atoms. The van der Waals surface area contributed by atoms with Crippen molar-refractivity contribution in [3.05, 3.63) is 40.9 Å². The van der Waals surface area contributed by atoms with E-state index in [0.29, 0.717) is 12.2 Å². The number of carbonyl (C=O) groups excluding carboxylic acids is 2. The Bertz CT molecular complexity index is 849. The van der Waals surface area contributed by atoms with Gasteiger partial charge in [-0.25, -0.2) is 9.78 Å². The number of benzene rings is 1. The zero-order valence-corrected chi connectivity index (χ0v) is 16.4. The summed E-state index contributed by atoms with van der Waals surface area (Å²) >= 11 is 3.21. The summed E-state index contributed by atoms with van der Waals surface area (Å²) in [7, 11) is 0. The standard InChI is InChI=1S/C19H20N2O3S2/c1-12-3-5-13(6-4-12)17-20-14(10-25-17)9-24-18(23)15-11-26-19(2)8-7-16(22)21(15)19/h3-6,10,15H,7-9,11H2,1-2H3/t15-,19+/m1/s1. The number of fused-ring (bicyclic) bond motifs is 1. The number of hydrogen-bond acceptors (Lipinski definition) is 6. The average Bonchev–Trinajstić information content (AvgIpc) is 3.30. The predicted molar refractivity (Wildman–Crippen MR) is 103 cm³/mol. The van der Waals surface area contributed by atoms with E-state index in [0.717, 1.165) is 22.7 Å². The molecule has 0 saturated carbocycles. The van der Waals surface area contributed by atoms with E-state index in [4.69, 9.17) is 4.74 Å². The lowest BCUT2D eigenvalue weighted by atomic mass is 10.2. The van der Waals surface area contributed by atoms with Crippen molar-refractivity contribution in [2.24, 2.45) is 0 Å². The maximum atomic E-state index is 12.5. The highest BCUT2D eigenvalue weighted by atomic mass is 32.2. The number of carbonyl (C=O) groups is 2. The lowest BCUT2D eigenvalue weighted by molar-refractivity contribution is -0.154. The van der Waals surface area contributed by atoms with Gasteiger partial charge in [0.25, 0.3) is 0 Å². The van der Waals surface area contributed by atoms with E-state index in [1.807, 2.05) is 31.4 Å². The van der Waals surface area contributed by atoms with E-state index in [-0.39, 0.29) is 23.4 Å².